The monoisotopic (exact) mass is 874 g/mol. The number of phosphoric acid groups is 1. The maximum absolute atomic E-state index is 12.6. The molecule has 0 rings (SSSR count). The largest absolute Gasteiger partial charge is 0.472 e. The van der Waals surface area contributed by atoms with Crippen LogP contribution in [0.25, 0.3) is 0 Å². The van der Waals surface area contributed by atoms with Crippen molar-refractivity contribution in [1.29, 1.82) is 0 Å². The molecular weight excluding hydrogens is 770 g/mol. The van der Waals surface area contributed by atoms with Crippen LogP contribution in [0.3, 0.4) is 0 Å². The minimum Gasteiger partial charge on any atom is -0.457 e. The number of unbranched alkanes of at least 4 members (excludes halogenated alkanes) is 39. The van der Waals surface area contributed by atoms with Gasteiger partial charge in [0.1, 0.15) is 6.10 Å². The molecule has 0 radical (unpaired) electrons. The highest BCUT2D eigenvalue weighted by Crippen LogP contribution is 2.43. The fourth-order valence-electron chi connectivity index (χ4n) is 8.12. The molecule has 0 spiro atoms. The first kappa shape index (κ1) is 59.5. The molecule has 0 saturated carbocycles. The third-order valence-electron chi connectivity index (χ3n) is 12.0. The van der Waals surface area contributed by atoms with Gasteiger partial charge in [0.15, 0.2) is 0 Å². The number of hydrogen-bond donors (Lipinski definition) is 2. The van der Waals surface area contributed by atoms with Gasteiger partial charge in [0.25, 0.3) is 0 Å². The second-order valence-electron chi connectivity index (χ2n) is 18.1. The number of carbonyl (C=O) groups is 1. The van der Waals surface area contributed by atoms with Gasteiger partial charge in [-0.1, -0.05) is 264 Å². The molecule has 0 aliphatic rings. The van der Waals surface area contributed by atoms with Crippen molar-refractivity contribution in [3.63, 3.8) is 0 Å². The summed E-state index contributed by atoms with van der Waals surface area (Å²) < 4.78 is 33.6. The molecule has 0 aliphatic carbocycles. The lowest BCUT2D eigenvalue weighted by molar-refractivity contribution is -0.154. The van der Waals surface area contributed by atoms with E-state index in [0.29, 0.717) is 13.0 Å². The molecule has 2 atom stereocenters. The molecule has 9 heteroatoms. The summed E-state index contributed by atoms with van der Waals surface area (Å²) in [6.07, 6.45) is 54.3. The Morgan fingerprint density at radius 3 is 1.05 bits per heavy atom. The number of esters is 1. The number of rotatable bonds is 52. The first-order valence-electron chi connectivity index (χ1n) is 26.5. The van der Waals surface area contributed by atoms with Crippen molar-refractivity contribution in [1.82, 2.24) is 0 Å². The minimum atomic E-state index is -4.27. The summed E-state index contributed by atoms with van der Waals surface area (Å²) in [7, 11) is -4.27. The van der Waals surface area contributed by atoms with Crippen molar-refractivity contribution < 1.29 is 32.8 Å². The highest BCUT2D eigenvalue weighted by molar-refractivity contribution is 7.47. The lowest BCUT2D eigenvalue weighted by Crippen LogP contribution is -2.28. The summed E-state index contributed by atoms with van der Waals surface area (Å²) in [4.78, 5) is 22.6. The van der Waals surface area contributed by atoms with E-state index in [1.165, 1.54) is 231 Å². The number of carbonyl (C=O) groups excluding carboxylic acids is 1. The van der Waals surface area contributed by atoms with Crippen molar-refractivity contribution in [3.8, 4) is 0 Å². The summed E-state index contributed by atoms with van der Waals surface area (Å²) in [5, 5.41) is 0. The van der Waals surface area contributed by atoms with Crippen LogP contribution >= 0.6 is 7.82 Å². The number of nitrogens with two attached hydrogens (primary N) is 1. The van der Waals surface area contributed by atoms with Gasteiger partial charge in [0, 0.05) is 19.6 Å². The highest BCUT2D eigenvalue weighted by Gasteiger charge is 2.25. The zero-order valence-corrected chi connectivity index (χ0v) is 41.1. The molecule has 0 aromatic carbocycles. The van der Waals surface area contributed by atoms with Crippen LogP contribution < -0.4 is 5.73 Å². The van der Waals surface area contributed by atoms with Gasteiger partial charge in [-0.05, 0) is 12.8 Å². The van der Waals surface area contributed by atoms with Gasteiger partial charge in [0.05, 0.1) is 19.8 Å². The molecule has 0 aliphatic heterocycles. The zero-order valence-electron chi connectivity index (χ0n) is 40.2. The molecule has 60 heavy (non-hydrogen) atoms. The van der Waals surface area contributed by atoms with E-state index < -0.39 is 13.9 Å². The molecule has 0 aromatic rings. The molecule has 0 amide bonds. The Labute approximate surface area is 373 Å². The molecule has 2 unspecified atom stereocenters. The molecule has 3 N–H and O–H groups in total. The fraction of sp³-hybridized carbons (Fsp3) is 0.980. The normalized spacial score (nSPS) is 13.2. The molecule has 0 heterocycles. The molecule has 0 bridgehead atoms. The Bertz CT molecular complexity index is 894. The van der Waals surface area contributed by atoms with Crippen molar-refractivity contribution in [2.45, 2.75) is 290 Å². The van der Waals surface area contributed by atoms with Crippen LogP contribution in [0.5, 0.6) is 0 Å². The van der Waals surface area contributed by atoms with Gasteiger partial charge in [-0.2, -0.15) is 0 Å². The Hall–Kier alpha value is -0.500. The van der Waals surface area contributed by atoms with Crippen LogP contribution in [0.4, 0.5) is 0 Å². The summed E-state index contributed by atoms with van der Waals surface area (Å²) in [6.45, 7) is 5.01. The van der Waals surface area contributed by atoms with Crippen LogP contribution in [0.2, 0.25) is 0 Å². The Morgan fingerprint density at radius 2 is 0.733 bits per heavy atom. The van der Waals surface area contributed by atoms with E-state index in [4.69, 9.17) is 24.3 Å². The summed E-state index contributed by atoms with van der Waals surface area (Å²) in [6, 6.07) is 0. The Morgan fingerprint density at radius 1 is 0.433 bits per heavy atom. The highest BCUT2D eigenvalue weighted by atomic mass is 31.2. The molecule has 0 saturated heterocycles. The standard InChI is InChI=1S/C51H104NO7P/c1-3-5-7-9-11-13-15-17-19-20-21-22-23-24-25-26-27-28-29-31-33-35-37-39-41-43-46-56-48-50(49-58-60(54,55)57-47-45-52)59-51(53)44-42-40-38-36-34-32-30-18-16-14-12-10-8-6-4-2/h50H,3-49,52H2,1-2H3,(H,54,55). The van der Waals surface area contributed by atoms with Gasteiger partial charge >= 0.3 is 13.8 Å². The van der Waals surface area contributed by atoms with Gasteiger partial charge in [-0.15, -0.1) is 0 Å². The second-order valence-corrected chi connectivity index (χ2v) is 19.6. The van der Waals surface area contributed by atoms with Gasteiger partial charge in [-0.3, -0.25) is 13.8 Å². The van der Waals surface area contributed by atoms with E-state index in [0.717, 1.165) is 32.1 Å². The van der Waals surface area contributed by atoms with E-state index in [1.54, 1.807) is 0 Å². The Balaban J connectivity index is 3.80. The van der Waals surface area contributed by atoms with Crippen molar-refractivity contribution in [3.05, 3.63) is 0 Å². The average Bonchev–Trinajstić information content (AvgIpc) is 3.24. The van der Waals surface area contributed by atoms with Crippen LogP contribution in [0.15, 0.2) is 0 Å². The van der Waals surface area contributed by atoms with E-state index in [-0.39, 0.29) is 32.3 Å². The van der Waals surface area contributed by atoms with Crippen LogP contribution in [0.1, 0.15) is 284 Å². The number of phosphoric ester groups is 1. The third kappa shape index (κ3) is 48.5. The van der Waals surface area contributed by atoms with Gasteiger partial charge < -0.3 is 20.1 Å². The van der Waals surface area contributed by atoms with E-state index in [2.05, 4.69) is 13.8 Å². The molecule has 0 aromatic heterocycles. The fourth-order valence-corrected chi connectivity index (χ4v) is 8.88. The first-order valence-corrected chi connectivity index (χ1v) is 28.0. The smallest absolute Gasteiger partial charge is 0.457 e. The average molecular weight is 874 g/mol. The van der Waals surface area contributed by atoms with Gasteiger partial charge in [-0.25, -0.2) is 4.57 Å². The number of hydrogen-bond acceptors (Lipinski definition) is 7. The van der Waals surface area contributed by atoms with E-state index in [9.17, 15) is 14.3 Å². The quantitative estimate of drug-likeness (QED) is 0.0352. The summed E-state index contributed by atoms with van der Waals surface area (Å²) in [5.74, 6) is -0.322. The van der Waals surface area contributed by atoms with Crippen LogP contribution in [0, 0.1) is 0 Å². The Kier molecular flexibility index (Phi) is 49.1. The maximum atomic E-state index is 12.6. The first-order chi connectivity index (χ1) is 29.4. The second kappa shape index (κ2) is 49.5. The number of ether oxygens (including phenoxy) is 2. The molecule has 360 valence electrons. The minimum absolute atomic E-state index is 0.0897. The molecular formula is C51H104NO7P. The predicted molar refractivity (Wildman–Crippen MR) is 257 cm³/mol. The van der Waals surface area contributed by atoms with E-state index >= 15 is 0 Å². The van der Waals surface area contributed by atoms with Crippen LogP contribution in [-0.4, -0.2) is 49.9 Å². The van der Waals surface area contributed by atoms with Crippen LogP contribution in [-0.2, 0) is 27.9 Å². The lowest BCUT2D eigenvalue weighted by Gasteiger charge is -2.20. The third-order valence-corrected chi connectivity index (χ3v) is 13.0. The predicted octanol–water partition coefficient (Wildman–Crippen LogP) is 16.4. The lowest BCUT2D eigenvalue weighted by atomic mass is 10.0. The molecule has 0 fully saturated rings. The molecule has 8 nitrogen and oxygen atoms in total. The topological polar surface area (TPSA) is 117 Å². The summed E-state index contributed by atoms with van der Waals surface area (Å²) in [5.41, 5.74) is 5.39. The van der Waals surface area contributed by atoms with E-state index in [1.807, 2.05) is 0 Å². The summed E-state index contributed by atoms with van der Waals surface area (Å²) >= 11 is 0. The SMILES string of the molecule is CCCCCCCCCCCCCCCCCCCCCCCCCCCCOCC(COP(=O)(O)OCCN)OC(=O)CCCCCCCCCCCCCCCCC. The maximum Gasteiger partial charge on any atom is 0.472 e. The van der Waals surface area contributed by atoms with Crippen molar-refractivity contribution in [2.24, 2.45) is 5.73 Å². The van der Waals surface area contributed by atoms with Crippen molar-refractivity contribution >= 4 is 13.8 Å². The zero-order chi connectivity index (χ0) is 43.7. The van der Waals surface area contributed by atoms with Crippen molar-refractivity contribution in [2.75, 3.05) is 33.0 Å². The van der Waals surface area contributed by atoms with Gasteiger partial charge in [0.2, 0.25) is 0 Å².